The third-order valence-electron chi connectivity index (χ3n) is 4.91. The molecule has 2 aliphatic heterocycles. The van der Waals surface area contributed by atoms with Crippen LogP contribution in [-0.4, -0.2) is 44.7 Å². The third-order valence-corrected chi connectivity index (χ3v) is 4.91. The Kier molecular flexibility index (Phi) is 5.15. The molecule has 0 spiro atoms. The highest BCUT2D eigenvalue weighted by molar-refractivity contribution is 5.47. The van der Waals surface area contributed by atoms with Gasteiger partial charge in [-0.3, -0.25) is 0 Å². The van der Waals surface area contributed by atoms with E-state index in [-0.39, 0.29) is 0 Å². The van der Waals surface area contributed by atoms with Gasteiger partial charge in [0.1, 0.15) is 0 Å². The second-order valence-corrected chi connectivity index (χ2v) is 6.76. The first-order valence-corrected chi connectivity index (χ1v) is 8.54. The zero-order chi connectivity index (χ0) is 14.5. The average molecular weight is 287 g/mol. The van der Waals surface area contributed by atoms with Gasteiger partial charge in [0.15, 0.2) is 0 Å². The largest absolute Gasteiger partial charge is 0.372 e. The molecule has 3 nitrogen and oxygen atoms in total. The number of rotatable bonds is 5. The van der Waals surface area contributed by atoms with Gasteiger partial charge in [0.25, 0.3) is 0 Å². The van der Waals surface area contributed by atoms with E-state index in [1.54, 1.807) is 0 Å². The van der Waals surface area contributed by atoms with Crippen LogP contribution in [0, 0.1) is 5.92 Å². The van der Waals surface area contributed by atoms with E-state index < -0.39 is 0 Å². The maximum Gasteiger partial charge on any atom is 0.0366 e. The molecular weight excluding hydrogens is 258 g/mol. The molecule has 0 amide bonds. The van der Waals surface area contributed by atoms with Crippen LogP contribution >= 0.6 is 0 Å². The number of benzene rings is 1. The van der Waals surface area contributed by atoms with Crippen molar-refractivity contribution in [1.82, 2.24) is 10.2 Å². The van der Waals surface area contributed by atoms with Crippen LogP contribution in [0.4, 0.5) is 5.69 Å². The number of nitrogens with zero attached hydrogens (tertiary/aromatic N) is 2. The lowest BCUT2D eigenvalue weighted by Gasteiger charge is -2.28. The Hall–Kier alpha value is -1.06. The van der Waals surface area contributed by atoms with E-state index in [0.29, 0.717) is 0 Å². The van der Waals surface area contributed by atoms with E-state index in [9.17, 15) is 0 Å². The van der Waals surface area contributed by atoms with Gasteiger partial charge in [-0.25, -0.2) is 0 Å². The minimum atomic E-state index is 0.836. The zero-order valence-electron chi connectivity index (χ0n) is 13.4. The molecule has 2 saturated heterocycles. The molecule has 0 aliphatic carbocycles. The van der Waals surface area contributed by atoms with Gasteiger partial charge in [0.05, 0.1) is 0 Å². The fourth-order valence-electron chi connectivity index (χ4n) is 3.59. The summed E-state index contributed by atoms with van der Waals surface area (Å²) in [4.78, 5) is 4.95. The van der Waals surface area contributed by atoms with Crippen LogP contribution < -0.4 is 10.2 Å². The maximum absolute atomic E-state index is 3.62. The van der Waals surface area contributed by atoms with Crippen molar-refractivity contribution in [3.63, 3.8) is 0 Å². The van der Waals surface area contributed by atoms with Crippen molar-refractivity contribution in [3.05, 3.63) is 29.8 Å². The molecule has 21 heavy (non-hydrogen) atoms. The fourth-order valence-corrected chi connectivity index (χ4v) is 3.59. The Morgan fingerprint density at radius 1 is 1.05 bits per heavy atom. The molecule has 1 aromatic rings. The molecule has 0 radical (unpaired) electrons. The highest BCUT2D eigenvalue weighted by atomic mass is 15.1. The van der Waals surface area contributed by atoms with E-state index in [1.165, 1.54) is 63.1 Å². The molecule has 1 unspecified atom stereocenters. The average Bonchev–Trinajstić information content (AvgIpc) is 2.94. The van der Waals surface area contributed by atoms with Crippen LogP contribution in [0.1, 0.15) is 31.2 Å². The molecule has 0 aromatic heterocycles. The van der Waals surface area contributed by atoms with Crippen molar-refractivity contribution in [2.75, 3.05) is 44.7 Å². The molecule has 1 atom stereocenters. The van der Waals surface area contributed by atoms with E-state index in [0.717, 1.165) is 19.0 Å². The predicted octanol–water partition coefficient (Wildman–Crippen LogP) is 2.72. The van der Waals surface area contributed by atoms with Gasteiger partial charge in [0, 0.05) is 31.9 Å². The molecule has 1 aromatic carbocycles. The SMILES string of the molecule is CN1CCC(CNCc2ccc(N3CCCCC3)cc2)C1. The lowest BCUT2D eigenvalue weighted by molar-refractivity contribution is 0.388. The molecule has 2 heterocycles. The predicted molar refractivity (Wildman–Crippen MR) is 89.8 cm³/mol. The molecule has 2 aliphatic rings. The van der Waals surface area contributed by atoms with Crippen LogP contribution in [0.2, 0.25) is 0 Å². The van der Waals surface area contributed by atoms with Crippen LogP contribution in [-0.2, 0) is 6.54 Å². The second-order valence-electron chi connectivity index (χ2n) is 6.76. The molecule has 3 heteroatoms. The molecule has 1 N–H and O–H groups in total. The van der Waals surface area contributed by atoms with Crippen LogP contribution in [0.15, 0.2) is 24.3 Å². The van der Waals surface area contributed by atoms with Crippen molar-refractivity contribution < 1.29 is 0 Å². The topological polar surface area (TPSA) is 18.5 Å². The molecule has 116 valence electrons. The Labute approximate surface area is 129 Å². The first-order valence-electron chi connectivity index (χ1n) is 8.54. The van der Waals surface area contributed by atoms with Gasteiger partial charge in [0.2, 0.25) is 0 Å². The van der Waals surface area contributed by atoms with E-state index in [2.05, 4.69) is 46.4 Å². The summed E-state index contributed by atoms with van der Waals surface area (Å²) < 4.78 is 0. The lowest BCUT2D eigenvalue weighted by atomic mass is 10.1. The number of piperidine rings is 1. The first kappa shape index (κ1) is 14.9. The summed E-state index contributed by atoms with van der Waals surface area (Å²) in [5.41, 5.74) is 2.80. The molecular formula is C18H29N3. The standard InChI is InChI=1S/C18H29N3/c1-20-12-9-17(15-20)14-19-13-16-5-7-18(8-6-16)21-10-3-2-4-11-21/h5-8,17,19H,2-4,9-15H2,1H3. The van der Waals surface area contributed by atoms with Gasteiger partial charge in [-0.15, -0.1) is 0 Å². The highest BCUT2D eigenvalue weighted by Crippen LogP contribution is 2.20. The van der Waals surface area contributed by atoms with E-state index in [4.69, 9.17) is 0 Å². The smallest absolute Gasteiger partial charge is 0.0366 e. The number of likely N-dealkylation sites (tertiary alicyclic amines) is 1. The molecule has 0 bridgehead atoms. The number of anilines is 1. The van der Waals surface area contributed by atoms with Crippen molar-refractivity contribution in [3.8, 4) is 0 Å². The van der Waals surface area contributed by atoms with Gasteiger partial charge in [-0.1, -0.05) is 12.1 Å². The molecule has 2 fully saturated rings. The van der Waals surface area contributed by atoms with Gasteiger partial charge >= 0.3 is 0 Å². The summed E-state index contributed by atoms with van der Waals surface area (Å²) >= 11 is 0. The van der Waals surface area contributed by atoms with Gasteiger partial charge < -0.3 is 15.1 Å². The fraction of sp³-hybridized carbons (Fsp3) is 0.667. The van der Waals surface area contributed by atoms with Gasteiger partial charge in [-0.2, -0.15) is 0 Å². The van der Waals surface area contributed by atoms with Crippen molar-refractivity contribution >= 4 is 5.69 Å². The number of hydrogen-bond donors (Lipinski definition) is 1. The number of nitrogens with one attached hydrogen (secondary N) is 1. The monoisotopic (exact) mass is 287 g/mol. The third kappa shape index (κ3) is 4.21. The van der Waals surface area contributed by atoms with Crippen molar-refractivity contribution in [2.45, 2.75) is 32.2 Å². The quantitative estimate of drug-likeness (QED) is 0.898. The lowest BCUT2D eigenvalue weighted by Crippen LogP contribution is -2.29. The summed E-state index contributed by atoms with van der Waals surface area (Å²) in [6.45, 7) is 7.12. The highest BCUT2D eigenvalue weighted by Gasteiger charge is 2.18. The minimum absolute atomic E-state index is 0.836. The van der Waals surface area contributed by atoms with E-state index in [1.807, 2.05) is 0 Å². The zero-order valence-corrected chi connectivity index (χ0v) is 13.4. The van der Waals surface area contributed by atoms with Gasteiger partial charge in [-0.05, 0) is 69.4 Å². The van der Waals surface area contributed by atoms with Crippen LogP contribution in [0.25, 0.3) is 0 Å². The Morgan fingerprint density at radius 3 is 2.48 bits per heavy atom. The molecule has 3 rings (SSSR count). The summed E-state index contributed by atoms with van der Waals surface area (Å²) in [7, 11) is 2.22. The second kappa shape index (κ2) is 7.28. The summed E-state index contributed by atoms with van der Waals surface area (Å²) in [5.74, 6) is 0.836. The van der Waals surface area contributed by atoms with Crippen molar-refractivity contribution in [2.24, 2.45) is 5.92 Å². The number of hydrogen-bond acceptors (Lipinski definition) is 3. The Balaban J connectivity index is 1.43. The minimum Gasteiger partial charge on any atom is -0.372 e. The van der Waals surface area contributed by atoms with Crippen LogP contribution in [0.3, 0.4) is 0 Å². The molecule has 0 saturated carbocycles. The Bertz CT molecular complexity index is 423. The Morgan fingerprint density at radius 2 is 1.81 bits per heavy atom. The van der Waals surface area contributed by atoms with Crippen LogP contribution in [0.5, 0.6) is 0 Å². The maximum atomic E-state index is 3.62. The summed E-state index contributed by atoms with van der Waals surface area (Å²) in [6.07, 6.45) is 5.44. The summed E-state index contributed by atoms with van der Waals surface area (Å²) in [5, 5.41) is 3.62. The summed E-state index contributed by atoms with van der Waals surface area (Å²) in [6, 6.07) is 9.17. The van der Waals surface area contributed by atoms with Crippen molar-refractivity contribution in [1.29, 1.82) is 0 Å². The normalized spacial score (nSPS) is 23.7. The first-order chi connectivity index (χ1) is 10.3. The van der Waals surface area contributed by atoms with E-state index >= 15 is 0 Å².